The van der Waals surface area contributed by atoms with Crippen molar-refractivity contribution in [2.45, 2.75) is 52.1 Å². The van der Waals surface area contributed by atoms with Crippen LogP contribution in [0.1, 0.15) is 49.7 Å². The van der Waals surface area contributed by atoms with Gasteiger partial charge in [0.25, 0.3) is 5.91 Å². The van der Waals surface area contributed by atoms with E-state index in [1.807, 2.05) is 13.8 Å². The van der Waals surface area contributed by atoms with Crippen molar-refractivity contribution in [1.29, 1.82) is 0 Å². The van der Waals surface area contributed by atoms with Crippen LogP contribution >= 0.6 is 11.3 Å². The molecular weight excluding hydrogens is 260 g/mol. The Hall–Kier alpha value is -1.30. The van der Waals surface area contributed by atoms with Gasteiger partial charge in [0.15, 0.2) is 5.13 Å². The number of rotatable bonds is 4. The van der Waals surface area contributed by atoms with Crippen molar-refractivity contribution in [3.05, 3.63) is 4.88 Å². The molecule has 0 bridgehead atoms. The third-order valence-corrected chi connectivity index (χ3v) is 4.45. The van der Waals surface area contributed by atoms with Gasteiger partial charge in [0.05, 0.1) is 0 Å². The number of nitrogens with zero attached hydrogens (tertiary/aromatic N) is 1. The molecule has 2 rings (SSSR count). The number of nitrogens with two attached hydrogens (primary N) is 1. The maximum Gasteiger partial charge on any atom is 0.265 e. The summed E-state index contributed by atoms with van der Waals surface area (Å²) in [6, 6.07) is 0.548. The lowest BCUT2D eigenvalue weighted by Gasteiger charge is -2.16. The van der Waals surface area contributed by atoms with Gasteiger partial charge in [-0.25, -0.2) is 4.98 Å². The monoisotopic (exact) mass is 282 g/mol. The Labute approximate surface area is 118 Å². The molecule has 1 heterocycles. The second-order valence-corrected chi connectivity index (χ2v) is 6.52. The van der Waals surface area contributed by atoms with Crippen LogP contribution < -0.4 is 16.4 Å². The van der Waals surface area contributed by atoms with Gasteiger partial charge >= 0.3 is 0 Å². The smallest absolute Gasteiger partial charge is 0.265 e. The maximum absolute atomic E-state index is 12.2. The minimum absolute atomic E-state index is 0.0921. The molecule has 1 fully saturated rings. The fraction of sp³-hybridized carbons (Fsp3) is 0.692. The lowest BCUT2D eigenvalue weighted by Crippen LogP contribution is -2.36. The summed E-state index contributed by atoms with van der Waals surface area (Å²) in [4.78, 5) is 16.9. The van der Waals surface area contributed by atoms with Gasteiger partial charge in [-0.1, -0.05) is 24.7 Å². The van der Waals surface area contributed by atoms with Crippen LogP contribution in [0, 0.1) is 5.92 Å². The quantitative estimate of drug-likeness (QED) is 0.792. The normalized spacial score (nSPS) is 22.7. The SMILES string of the molecule is CC(C)Nc1nc(N)c(C(=O)NC2CCCC2C)s1. The zero-order valence-electron chi connectivity index (χ0n) is 11.7. The van der Waals surface area contributed by atoms with Gasteiger partial charge in [-0.05, 0) is 32.6 Å². The molecule has 0 aliphatic heterocycles. The minimum Gasteiger partial charge on any atom is -0.382 e. The molecule has 0 spiro atoms. The van der Waals surface area contributed by atoms with E-state index in [0.29, 0.717) is 21.7 Å². The van der Waals surface area contributed by atoms with Crippen molar-refractivity contribution < 1.29 is 4.79 Å². The fourth-order valence-electron chi connectivity index (χ4n) is 2.40. The van der Waals surface area contributed by atoms with E-state index in [-0.39, 0.29) is 18.0 Å². The van der Waals surface area contributed by atoms with Crippen LogP contribution in [0.3, 0.4) is 0 Å². The van der Waals surface area contributed by atoms with E-state index < -0.39 is 0 Å². The Kier molecular flexibility index (Phi) is 4.29. The Morgan fingerprint density at radius 2 is 2.21 bits per heavy atom. The van der Waals surface area contributed by atoms with E-state index in [4.69, 9.17) is 5.73 Å². The Bertz CT molecular complexity index is 457. The first-order valence-electron chi connectivity index (χ1n) is 6.81. The summed E-state index contributed by atoms with van der Waals surface area (Å²) >= 11 is 1.32. The number of thiazole rings is 1. The second kappa shape index (κ2) is 5.77. The molecule has 1 saturated carbocycles. The van der Waals surface area contributed by atoms with E-state index in [1.54, 1.807) is 0 Å². The van der Waals surface area contributed by atoms with E-state index >= 15 is 0 Å². The molecule has 19 heavy (non-hydrogen) atoms. The van der Waals surface area contributed by atoms with Crippen LogP contribution in [-0.2, 0) is 0 Å². The predicted octanol–water partition coefficient (Wildman–Crippen LogP) is 2.46. The highest BCUT2D eigenvalue weighted by molar-refractivity contribution is 7.18. The number of hydrogen-bond donors (Lipinski definition) is 3. The molecule has 1 amide bonds. The third kappa shape index (κ3) is 3.37. The average molecular weight is 282 g/mol. The van der Waals surface area contributed by atoms with Crippen LogP contribution in [0.25, 0.3) is 0 Å². The molecule has 5 nitrogen and oxygen atoms in total. The van der Waals surface area contributed by atoms with Crippen molar-refractivity contribution in [3.8, 4) is 0 Å². The lowest BCUT2D eigenvalue weighted by atomic mass is 10.1. The number of carbonyl (C=O) groups excluding carboxylic acids is 1. The van der Waals surface area contributed by atoms with Gasteiger partial charge in [-0.3, -0.25) is 4.79 Å². The van der Waals surface area contributed by atoms with Crippen LogP contribution in [0.2, 0.25) is 0 Å². The first kappa shape index (κ1) is 14.1. The highest BCUT2D eigenvalue weighted by Crippen LogP contribution is 2.28. The number of hydrogen-bond acceptors (Lipinski definition) is 5. The summed E-state index contributed by atoms with van der Waals surface area (Å²) in [6.07, 6.45) is 3.43. The summed E-state index contributed by atoms with van der Waals surface area (Å²) in [6.45, 7) is 6.23. The van der Waals surface area contributed by atoms with Gasteiger partial charge in [-0.15, -0.1) is 0 Å². The van der Waals surface area contributed by atoms with Crippen molar-refractivity contribution in [2.24, 2.45) is 5.92 Å². The average Bonchev–Trinajstić information content (AvgIpc) is 2.85. The summed E-state index contributed by atoms with van der Waals surface area (Å²) in [7, 11) is 0. The Morgan fingerprint density at radius 1 is 1.47 bits per heavy atom. The number of aromatic nitrogens is 1. The number of amides is 1. The van der Waals surface area contributed by atoms with Crippen LogP contribution in [-0.4, -0.2) is 23.0 Å². The van der Waals surface area contributed by atoms with Gasteiger partial charge in [0.1, 0.15) is 10.7 Å². The molecule has 1 aromatic rings. The number of anilines is 2. The Balaban J connectivity index is 2.04. The largest absolute Gasteiger partial charge is 0.382 e. The highest BCUT2D eigenvalue weighted by atomic mass is 32.1. The van der Waals surface area contributed by atoms with Crippen LogP contribution in [0.4, 0.5) is 10.9 Å². The van der Waals surface area contributed by atoms with Gasteiger partial charge < -0.3 is 16.4 Å². The fourth-order valence-corrected chi connectivity index (χ4v) is 3.33. The standard InChI is InChI=1S/C13H22N4OS/c1-7(2)15-13-17-11(14)10(19-13)12(18)16-9-6-4-5-8(9)3/h7-9H,4-6,14H2,1-3H3,(H,15,17)(H,16,18). The molecule has 2 unspecified atom stereocenters. The second-order valence-electron chi connectivity index (χ2n) is 5.52. The van der Waals surface area contributed by atoms with E-state index in [2.05, 4.69) is 22.5 Å². The molecule has 2 atom stereocenters. The van der Waals surface area contributed by atoms with Crippen molar-refractivity contribution in [2.75, 3.05) is 11.1 Å². The van der Waals surface area contributed by atoms with E-state index in [9.17, 15) is 4.79 Å². The van der Waals surface area contributed by atoms with Gasteiger partial charge in [0, 0.05) is 12.1 Å². The first-order valence-corrected chi connectivity index (χ1v) is 7.62. The molecule has 0 radical (unpaired) electrons. The zero-order chi connectivity index (χ0) is 14.0. The molecule has 6 heteroatoms. The highest BCUT2D eigenvalue weighted by Gasteiger charge is 2.26. The van der Waals surface area contributed by atoms with Gasteiger partial charge in [-0.2, -0.15) is 0 Å². The molecule has 1 aliphatic rings. The molecule has 0 saturated heterocycles. The maximum atomic E-state index is 12.2. The zero-order valence-corrected chi connectivity index (χ0v) is 12.5. The number of nitrogen functional groups attached to an aromatic ring is 1. The molecule has 1 aliphatic carbocycles. The third-order valence-electron chi connectivity index (χ3n) is 3.45. The molecular formula is C13H22N4OS. The lowest BCUT2D eigenvalue weighted by molar-refractivity contribution is 0.0934. The van der Waals surface area contributed by atoms with E-state index in [0.717, 1.165) is 6.42 Å². The molecule has 1 aromatic heterocycles. The Morgan fingerprint density at radius 3 is 2.79 bits per heavy atom. The first-order chi connectivity index (χ1) is 8.97. The summed E-state index contributed by atoms with van der Waals surface area (Å²) in [5.74, 6) is 0.771. The van der Waals surface area contributed by atoms with E-state index in [1.165, 1.54) is 24.2 Å². The summed E-state index contributed by atoms with van der Waals surface area (Å²) < 4.78 is 0. The van der Waals surface area contributed by atoms with Crippen LogP contribution in [0.5, 0.6) is 0 Å². The van der Waals surface area contributed by atoms with Gasteiger partial charge in [0.2, 0.25) is 0 Å². The van der Waals surface area contributed by atoms with Crippen molar-refractivity contribution in [3.63, 3.8) is 0 Å². The molecule has 106 valence electrons. The predicted molar refractivity (Wildman–Crippen MR) is 79.6 cm³/mol. The number of carbonyl (C=O) groups is 1. The molecule has 4 N–H and O–H groups in total. The minimum atomic E-state index is -0.0921. The van der Waals surface area contributed by atoms with Crippen molar-refractivity contribution >= 4 is 28.2 Å². The van der Waals surface area contributed by atoms with Crippen molar-refractivity contribution in [1.82, 2.24) is 10.3 Å². The number of nitrogens with one attached hydrogen (secondary N) is 2. The molecule has 0 aromatic carbocycles. The topological polar surface area (TPSA) is 80.0 Å². The summed E-state index contributed by atoms with van der Waals surface area (Å²) in [5, 5.41) is 6.95. The van der Waals surface area contributed by atoms with Crippen LogP contribution in [0.15, 0.2) is 0 Å². The summed E-state index contributed by atoms with van der Waals surface area (Å²) in [5.41, 5.74) is 5.83.